The first-order valence-corrected chi connectivity index (χ1v) is 8.30. The number of carbonyl (C=O) groups excluding carboxylic acids is 2. The molecule has 6 heteroatoms. The third-order valence-electron chi connectivity index (χ3n) is 4.05. The molecular weight excluding hydrogens is 332 g/mol. The molecule has 0 aliphatic rings. The number of esters is 1. The number of ether oxygens (including phenoxy) is 2. The molecule has 1 aromatic heterocycles. The molecule has 0 atom stereocenters. The van der Waals surface area contributed by atoms with Gasteiger partial charge in [-0.15, -0.1) is 0 Å². The fraction of sp³-hybridized carbons (Fsp3) is 0.200. The van der Waals surface area contributed by atoms with E-state index in [-0.39, 0.29) is 12.6 Å². The lowest BCUT2D eigenvalue weighted by Gasteiger charge is -2.08. The third-order valence-corrected chi connectivity index (χ3v) is 4.05. The second kappa shape index (κ2) is 8.20. The Bertz CT molecular complexity index is 903. The average Bonchev–Trinajstić information content (AvgIpc) is 3.07. The quantitative estimate of drug-likeness (QED) is 0.657. The number of carbonyl (C=O) groups is 2. The first-order valence-electron chi connectivity index (χ1n) is 8.30. The van der Waals surface area contributed by atoms with Crippen LogP contribution in [0, 0.1) is 0 Å². The number of aromatic nitrogens is 1. The Labute approximate surface area is 151 Å². The van der Waals surface area contributed by atoms with E-state index in [9.17, 15) is 9.59 Å². The normalized spacial score (nSPS) is 10.5. The van der Waals surface area contributed by atoms with Crippen LogP contribution in [-0.4, -0.2) is 24.2 Å². The van der Waals surface area contributed by atoms with Crippen LogP contribution in [0.5, 0.6) is 0 Å². The van der Waals surface area contributed by atoms with Gasteiger partial charge >= 0.3 is 12.1 Å². The van der Waals surface area contributed by atoms with Crippen LogP contribution in [0.25, 0.3) is 10.9 Å². The van der Waals surface area contributed by atoms with Crippen LogP contribution in [0.3, 0.4) is 0 Å². The number of rotatable bonds is 6. The van der Waals surface area contributed by atoms with Crippen LogP contribution < -0.4 is 5.32 Å². The Balaban J connectivity index is 1.64. The van der Waals surface area contributed by atoms with E-state index in [1.165, 1.54) is 7.11 Å². The van der Waals surface area contributed by atoms with Crippen molar-refractivity contribution >= 4 is 28.7 Å². The van der Waals surface area contributed by atoms with Gasteiger partial charge in [-0.3, -0.25) is 10.1 Å². The molecule has 0 aliphatic heterocycles. The molecular formula is C20H20N2O4. The number of hydrogen-bond acceptors (Lipinski definition) is 4. The lowest BCUT2D eigenvalue weighted by molar-refractivity contribution is -0.140. The minimum absolute atomic E-state index is 0.212. The zero-order valence-corrected chi connectivity index (χ0v) is 14.5. The van der Waals surface area contributed by atoms with E-state index in [0.29, 0.717) is 18.5 Å². The van der Waals surface area contributed by atoms with Gasteiger partial charge in [-0.1, -0.05) is 30.3 Å². The molecule has 0 saturated heterocycles. The van der Waals surface area contributed by atoms with Gasteiger partial charge in [-0.05, 0) is 35.7 Å². The van der Waals surface area contributed by atoms with E-state index in [0.717, 1.165) is 22.0 Å². The highest BCUT2D eigenvalue weighted by Crippen LogP contribution is 2.23. The van der Waals surface area contributed by atoms with Crippen molar-refractivity contribution < 1.29 is 19.1 Å². The van der Waals surface area contributed by atoms with Crippen LogP contribution in [0.4, 0.5) is 10.5 Å². The van der Waals surface area contributed by atoms with E-state index >= 15 is 0 Å². The molecule has 0 aliphatic carbocycles. The summed E-state index contributed by atoms with van der Waals surface area (Å²) in [4.78, 5) is 26.5. The van der Waals surface area contributed by atoms with Crippen molar-refractivity contribution in [3.05, 3.63) is 65.9 Å². The molecule has 0 bridgehead atoms. The summed E-state index contributed by atoms with van der Waals surface area (Å²) >= 11 is 0. The van der Waals surface area contributed by atoms with Crippen molar-refractivity contribution in [2.45, 2.75) is 19.4 Å². The van der Waals surface area contributed by atoms with Gasteiger partial charge in [0.25, 0.3) is 0 Å². The summed E-state index contributed by atoms with van der Waals surface area (Å²) in [5.74, 6) is -0.252. The Morgan fingerprint density at radius 2 is 1.92 bits per heavy atom. The molecule has 134 valence electrons. The molecule has 6 nitrogen and oxygen atoms in total. The number of hydrogen-bond donors (Lipinski definition) is 2. The summed E-state index contributed by atoms with van der Waals surface area (Å²) in [6.45, 7) is 0.212. The fourth-order valence-corrected chi connectivity index (χ4v) is 2.68. The molecule has 0 spiro atoms. The van der Waals surface area contributed by atoms with Crippen LogP contribution in [0.1, 0.15) is 17.5 Å². The van der Waals surface area contributed by atoms with E-state index in [2.05, 4.69) is 15.0 Å². The maximum atomic E-state index is 12.0. The zero-order chi connectivity index (χ0) is 18.4. The summed E-state index contributed by atoms with van der Waals surface area (Å²) in [6, 6.07) is 15.0. The number of anilines is 1. The van der Waals surface area contributed by atoms with Gasteiger partial charge in [0.05, 0.1) is 7.11 Å². The van der Waals surface area contributed by atoms with Gasteiger partial charge in [0.15, 0.2) is 0 Å². The molecule has 1 heterocycles. The third kappa shape index (κ3) is 4.42. The number of aryl methyl sites for hydroxylation is 1. The second-order valence-electron chi connectivity index (χ2n) is 5.84. The van der Waals surface area contributed by atoms with Crippen molar-refractivity contribution in [2.24, 2.45) is 0 Å². The number of methoxy groups -OCH3 is 1. The lowest BCUT2D eigenvalue weighted by Crippen LogP contribution is -2.13. The second-order valence-corrected chi connectivity index (χ2v) is 5.84. The van der Waals surface area contributed by atoms with Gasteiger partial charge in [-0.2, -0.15) is 0 Å². The molecule has 1 amide bonds. The summed E-state index contributed by atoms with van der Waals surface area (Å²) in [7, 11) is 1.38. The first-order chi connectivity index (χ1) is 12.7. The van der Waals surface area contributed by atoms with Gasteiger partial charge in [-0.25, -0.2) is 4.79 Å². The largest absolute Gasteiger partial charge is 0.469 e. The molecule has 0 saturated carbocycles. The van der Waals surface area contributed by atoms with Crippen molar-refractivity contribution in [1.82, 2.24) is 4.98 Å². The van der Waals surface area contributed by atoms with Crippen LogP contribution in [0.2, 0.25) is 0 Å². The fourth-order valence-electron chi connectivity index (χ4n) is 2.68. The van der Waals surface area contributed by atoms with Crippen LogP contribution >= 0.6 is 0 Å². The van der Waals surface area contributed by atoms with Crippen LogP contribution in [0.15, 0.2) is 54.7 Å². The molecule has 3 rings (SSSR count). The van der Waals surface area contributed by atoms with E-state index in [1.54, 1.807) is 6.07 Å². The molecule has 0 radical (unpaired) electrons. The maximum Gasteiger partial charge on any atom is 0.411 e. The first kappa shape index (κ1) is 17.5. The Morgan fingerprint density at radius 1 is 1.12 bits per heavy atom. The van der Waals surface area contributed by atoms with Crippen molar-refractivity contribution in [1.29, 1.82) is 0 Å². The standard InChI is InChI=1S/C20H20N2O4/c1-25-19(23)10-7-15-12-21-18-9-8-16(11-17(15)18)22-20(24)26-13-14-5-3-2-4-6-14/h2-6,8-9,11-12,21H,7,10,13H2,1H3,(H,22,24). The molecule has 2 N–H and O–H groups in total. The molecule has 0 fully saturated rings. The van der Waals surface area contributed by atoms with E-state index < -0.39 is 6.09 Å². The highest BCUT2D eigenvalue weighted by atomic mass is 16.5. The topological polar surface area (TPSA) is 80.4 Å². The number of nitrogens with one attached hydrogen (secondary N) is 2. The number of benzene rings is 2. The van der Waals surface area contributed by atoms with Gasteiger partial charge in [0.2, 0.25) is 0 Å². The summed E-state index contributed by atoms with van der Waals surface area (Å²) < 4.78 is 9.91. The molecule has 2 aromatic carbocycles. The van der Waals surface area contributed by atoms with Gasteiger partial charge < -0.3 is 14.5 Å². The van der Waals surface area contributed by atoms with Crippen molar-refractivity contribution in [3.63, 3.8) is 0 Å². The van der Waals surface area contributed by atoms with Crippen LogP contribution in [-0.2, 0) is 27.3 Å². The molecule has 3 aromatic rings. The minimum Gasteiger partial charge on any atom is -0.469 e. The Morgan fingerprint density at radius 3 is 2.69 bits per heavy atom. The van der Waals surface area contributed by atoms with Crippen molar-refractivity contribution in [3.8, 4) is 0 Å². The highest BCUT2D eigenvalue weighted by Gasteiger charge is 2.09. The monoisotopic (exact) mass is 352 g/mol. The Hall–Kier alpha value is -3.28. The zero-order valence-electron chi connectivity index (χ0n) is 14.5. The predicted octanol–water partition coefficient (Wildman–Crippen LogP) is 4.02. The highest BCUT2D eigenvalue weighted by molar-refractivity contribution is 5.91. The van der Waals surface area contributed by atoms with E-state index in [1.807, 2.05) is 48.7 Å². The summed E-state index contributed by atoms with van der Waals surface area (Å²) in [5.41, 5.74) is 3.49. The number of aromatic amines is 1. The number of amides is 1. The Kier molecular flexibility index (Phi) is 5.53. The van der Waals surface area contributed by atoms with Crippen molar-refractivity contribution in [2.75, 3.05) is 12.4 Å². The predicted molar refractivity (Wildman–Crippen MR) is 98.9 cm³/mol. The smallest absolute Gasteiger partial charge is 0.411 e. The number of H-pyrrole nitrogens is 1. The average molecular weight is 352 g/mol. The summed E-state index contributed by atoms with van der Waals surface area (Å²) in [5, 5.41) is 3.68. The SMILES string of the molecule is COC(=O)CCc1c[nH]c2ccc(NC(=O)OCc3ccccc3)cc12. The number of fused-ring (bicyclic) bond motifs is 1. The summed E-state index contributed by atoms with van der Waals surface area (Å²) in [6.07, 6.45) is 2.22. The maximum absolute atomic E-state index is 12.0. The molecule has 0 unspecified atom stereocenters. The van der Waals surface area contributed by atoms with E-state index in [4.69, 9.17) is 4.74 Å². The van der Waals surface area contributed by atoms with Gasteiger partial charge in [0, 0.05) is 29.2 Å². The lowest BCUT2D eigenvalue weighted by atomic mass is 10.1. The molecule has 26 heavy (non-hydrogen) atoms. The van der Waals surface area contributed by atoms with Gasteiger partial charge in [0.1, 0.15) is 6.61 Å². The minimum atomic E-state index is -0.514.